The molecule has 7 rings (SSSR count). The minimum absolute atomic E-state index is 0. The van der Waals surface area contributed by atoms with Crippen molar-refractivity contribution in [1.29, 1.82) is 0 Å². The number of hydrogen-bond donors (Lipinski definition) is 0. The van der Waals surface area contributed by atoms with Crippen molar-refractivity contribution >= 4 is 29.1 Å². The minimum Gasteiger partial charge on any atom is -0.334 e. The van der Waals surface area contributed by atoms with Gasteiger partial charge in [-0.05, 0) is 80.2 Å². The van der Waals surface area contributed by atoms with Gasteiger partial charge in [-0.25, -0.2) is 9.97 Å². The van der Waals surface area contributed by atoms with Crippen molar-refractivity contribution in [2.24, 2.45) is 28.6 Å². The van der Waals surface area contributed by atoms with Gasteiger partial charge in [0.15, 0.2) is 0 Å². The molecule has 3 aromatic rings. The van der Waals surface area contributed by atoms with Crippen molar-refractivity contribution in [2.75, 3.05) is 0 Å². The number of benzene rings is 1. The lowest BCUT2D eigenvalue weighted by Gasteiger charge is -2.58. The highest BCUT2D eigenvalue weighted by Crippen LogP contribution is 2.66. The number of fused-ring (bicyclic) bond motifs is 6. The summed E-state index contributed by atoms with van der Waals surface area (Å²) in [7, 11) is 0. The number of nitrogens with zero attached hydrogens (tertiary/aromatic N) is 4. The van der Waals surface area contributed by atoms with Crippen LogP contribution in [-0.4, -0.2) is 19.1 Å². The Hall–Kier alpha value is -2.33. The lowest BCUT2D eigenvalue weighted by atomic mass is 9.47. The average Bonchev–Trinajstić information content (AvgIpc) is 3.57. The standard InChI is InChI=1S/C29H34N4.ClH/c1-28-13-11-21(32-16-15-30-18-32)17-20(28)7-8-22-23-9-10-27(29(23,2)14-12-24(22)28)33-19-31-25-5-3-4-6-26(25)33;/h3-7,10,15-16,18-19,21-24H,8-9,11-14,17H2,1-2H3;1H/t21-,22-,23-,24-,28-,29-;/m0./s1. The molecule has 0 radical (unpaired) electrons. The second-order valence-electron chi connectivity index (χ2n) is 11.6. The average molecular weight is 475 g/mol. The monoisotopic (exact) mass is 474 g/mol. The van der Waals surface area contributed by atoms with Crippen LogP contribution in [0.1, 0.15) is 64.8 Å². The summed E-state index contributed by atoms with van der Waals surface area (Å²) in [6.07, 6.45) is 22.3. The van der Waals surface area contributed by atoms with Crippen LogP contribution >= 0.6 is 12.4 Å². The van der Waals surface area contributed by atoms with Crippen molar-refractivity contribution in [1.82, 2.24) is 19.1 Å². The summed E-state index contributed by atoms with van der Waals surface area (Å²) in [5.41, 5.74) is 6.23. The molecule has 4 nitrogen and oxygen atoms in total. The maximum absolute atomic E-state index is 4.71. The Morgan fingerprint density at radius 2 is 1.79 bits per heavy atom. The molecular weight excluding hydrogens is 440 g/mol. The van der Waals surface area contributed by atoms with Crippen LogP contribution in [0.25, 0.3) is 16.7 Å². The van der Waals surface area contributed by atoms with E-state index in [1.165, 1.54) is 56.2 Å². The topological polar surface area (TPSA) is 35.6 Å². The van der Waals surface area contributed by atoms with Crippen molar-refractivity contribution in [3.8, 4) is 0 Å². The molecule has 6 atom stereocenters. The summed E-state index contributed by atoms with van der Waals surface area (Å²) in [5, 5.41) is 0. The van der Waals surface area contributed by atoms with Crippen molar-refractivity contribution in [3.63, 3.8) is 0 Å². The predicted molar refractivity (Wildman–Crippen MR) is 140 cm³/mol. The highest BCUT2D eigenvalue weighted by molar-refractivity contribution is 5.85. The molecule has 0 amide bonds. The van der Waals surface area contributed by atoms with E-state index in [1.807, 2.05) is 12.5 Å². The molecule has 4 aliphatic rings. The summed E-state index contributed by atoms with van der Waals surface area (Å²) >= 11 is 0. The summed E-state index contributed by atoms with van der Waals surface area (Å²) < 4.78 is 4.74. The molecule has 0 N–H and O–H groups in total. The number of aromatic nitrogens is 4. The molecule has 1 aromatic carbocycles. The van der Waals surface area contributed by atoms with Crippen molar-refractivity contribution in [2.45, 2.75) is 64.8 Å². The van der Waals surface area contributed by atoms with Gasteiger partial charge in [0, 0.05) is 29.5 Å². The molecule has 2 heterocycles. The summed E-state index contributed by atoms with van der Waals surface area (Å²) in [5.74, 6) is 2.37. The molecule has 0 bridgehead atoms. The van der Waals surface area contributed by atoms with E-state index in [9.17, 15) is 0 Å². The van der Waals surface area contributed by atoms with Crippen molar-refractivity contribution in [3.05, 3.63) is 67.0 Å². The van der Waals surface area contributed by atoms with E-state index >= 15 is 0 Å². The third-order valence-electron chi connectivity index (χ3n) is 10.3. The lowest BCUT2D eigenvalue weighted by molar-refractivity contribution is -0.0151. The molecule has 0 saturated heterocycles. The van der Waals surface area contributed by atoms with Crippen LogP contribution in [0.5, 0.6) is 0 Å². The van der Waals surface area contributed by atoms with E-state index in [1.54, 1.807) is 5.57 Å². The van der Waals surface area contributed by atoms with Crippen LogP contribution < -0.4 is 0 Å². The first-order valence-electron chi connectivity index (χ1n) is 12.9. The first-order valence-corrected chi connectivity index (χ1v) is 12.9. The van der Waals surface area contributed by atoms with Gasteiger partial charge in [0.25, 0.3) is 0 Å². The van der Waals surface area contributed by atoms with Crippen LogP contribution in [0.3, 0.4) is 0 Å². The highest BCUT2D eigenvalue weighted by Gasteiger charge is 2.57. The molecular formula is C29H35ClN4. The number of para-hydroxylation sites is 2. The van der Waals surface area contributed by atoms with Crippen LogP contribution in [0, 0.1) is 28.6 Å². The first-order chi connectivity index (χ1) is 16.1. The van der Waals surface area contributed by atoms with Crippen LogP contribution in [-0.2, 0) is 0 Å². The van der Waals surface area contributed by atoms with Gasteiger partial charge < -0.3 is 9.13 Å². The number of allylic oxidation sites excluding steroid dienone is 4. The van der Waals surface area contributed by atoms with Crippen LogP contribution in [0.4, 0.5) is 0 Å². The van der Waals surface area contributed by atoms with Gasteiger partial charge in [-0.15, -0.1) is 12.4 Å². The Labute approximate surface area is 208 Å². The fourth-order valence-electron chi connectivity index (χ4n) is 8.45. The number of rotatable bonds is 2. The molecule has 4 aliphatic carbocycles. The maximum Gasteiger partial charge on any atom is 0.100 e. The van der Waals surface area contributed by atoms with E-state index in [-0.39, 0.29) is 17.8 Å². The normalized spacial score (nSPS) is 36.6. The van der Waals surface area contributed by atoms with Gasteiger partial charge in [0.2, 0.25) is 0 Å². The Kier molecular flexibility index (Phi) is 5.11. The molecule has 34 heavy (non-hydrogen) atoms. The summed E-state index contributed by atoms with van der Waals surface area (Å²) in [6.45, 7) is 5.16. The largest absolute Gasteiger partial charge is 0.334 e. The quantitative estimate of drug-likeness (QED) is 0.365. The van der Waals surface area contributed by atoms with Crippen LogP contribution in [0.2, 0.25) is 0 Å². The third kappa shape index (κ3) is 2.97. The van der Waals surface area contributed by atoms with E-state index < -0.39 is 0 Å². The van der Waals surface area contributed by atoms with Gasteiger partial charge in [0.1, 0.15) is 6.33 Å². The molecule has 0 spiro atoms. The Morgan fingerprint density at radius 1 is 0.941 bits per heavy atom. The fourth-order valence-corrected chi connectivity index (χ4v) is 8.45. The zero-order valence-electron chi connectivity index (χ0n) is 20.2. The second kappa shape index (κ2) is 7.84. The number of halogens is 1. The lowest BCUT2D eigenvalue weighted by Crippen LogP contribution is -2.49. The predicted octanol–water partition coefficient (Wildman–Crippen LogP) is 7.31. The first kappa shape index (κ1) is 22.2. The van der Waals surface area contributed by atoms with E-state index in [2.05, 4.69) is 76.9 Å². The van der Waals surface area contributed by atoms with Gasteiger partial charge in [-0.3, -0.25) is 0 Å². The SMILES string of the molecule is C[C@]12CC[C@H](n3ccnc3)CC1=CC[C@@H]1[C@@H]2CC[C@]2(C)C(n3cnc4ccccc43)=CC[C@@H]12.Cl. The molecule has 5 heteroatoms. The molecule has 178 valence electrons. The van der Waals surface area contributed by atoms with Gasteiger partial charge in [0.05, 0.1) is 17.4 Å². The summed E-state index contributed by atoms with van der Waals surface area (Å²) in [4.78, 5) is 9.02. The van der Waals surface area contributed by atoms with Gasteiger partial charge in [-0.1, -0.05) is 43.7 Å². The Morgan fingerprint density at radius 3 is 2.65 bits per heavy atom. The van der Waals surface area contributed by atoms with Crippen LogP contribution in [0.15, 0.2) is 67.0 Å². The van der Waals surface area contributed by atoms with Gasteiger partial charge in [-0.2, -0.15) is 0 Å². The zero-order valence-corrected chi connectivity index (χ0v) is 21.0. The van der Waals surface area contributed by atoms with E-state index in [0.29, 0.717) is 11.5 Å². The molecule has 0 aliphatic heterocycles. The number of imidazole rings is 2. The zero-order chi connectivity index (χ0) is 22.2. The van der Waals surface area contributed by atoms with E-state index in [0.717, 1.165) is 23.3 Å². The van der Waals surface area contributed by atoms with Gasteiger partial charge >= 0.3 is 0 Å². The molecule has 2 aromatic heterocycles. The van der Waals surface area contributed by atoms with E-state index in [4.69, 9.17) is 4.98 Å². The minimum atomic E-state index is 0. The second-order valence-corrected chi connectivity index (χ2v) is 11.6. The van der Waals surface area contributed by atoms with Crippen molar-refractivity contribution < 1.29 is 0 Å². The smallest absolute Gasteiger partial charge is 0.100 e. The highest BCUT2D eigenvalue weighted by atomic mass is 35.5. The fraction of sp³-hybridized carbons (Fsp3) is 0.517. The third-order valence-corrected chi connectivity index (χ3v) is 10.3. The molecule has 0 unspecified atom stereocenters. The molecule has 2 saturated carbocycles. The number of hydrogen-bond acceptors (Lipinski definition) is 2. The molecule has 2 fully saturated rings. The Balaban J connectivity index is 0.00000217. The summed E-state index contributed by atoms with van der Waals surface area (Å²) in [6, 6.07) is 9.17. The Bertz CT molecular complexity index is 1270. The maximum atomic E-state index is 4.71.